The zero-order chi connectivity index (χ0) is 8.97. The summed E-state index contributed by atoms with van der Waals surface area (Å²) >= 11 is 0. The summed E-state index contributed by atoms with van der Waals surface area (Å²) < 4.78 is 0. The van der Waals surface area contributed by atoms with E-state index in [0.29, 0.717) is 5.71 Å². The summed E-state index contributed by atoms with van der Waals surface area (Å²) in [6, 6.07) is 3.73. The Hall–Kier alpha value is -1.18. The molecule has 1 aromatic heterocycles. The van der Waals surface area contributed by atoms with Gasteiger partial charge in [-0.15, -0.1) is 0 Å². The number of aromatic nitrogens is 1. The van der Waals surface area contributed by atoms with Crippen LogP contribution in [0, 0.1) is 12.3 Å². The SMILES string of the molecule is [CH2]c1ccc(C(=N)CCC)nc1. The average Bonchev–Trinajstić information content (AvgIpc) is 2.06. The Morgan fingerprint density at radius 3 is 2.83 bits per heavy atom. The first-order chi connectivity index (χ1) is 5.74. The third kappa shape index (κ3) is 2.16. The molecule has 12 heavy (non-hydrogen) atoms. The number of rotatable bonds is 3. The van der Waals surface area contributed by atoms with Crippen molar-refractivity contribution in [3.05, 3.63) is 36.5 Å². The minimum atomic E-state index is 0.609. The molecule has 0 saturated heterocycles. The van der Waals surface area contributed by atoms with Crippen molar-refractivity contribution in [3.63, 3.8) is 0 Å². The van der Waals surface area contributed by atoms with Crippen LogP contribution in [-0.4, -0.2) is 10.7 Å². The fourth-order valence-electron chi connectivity index (χ4n) is 0.981. The molecule has 0 saturated carbocycles. The first-order valence-electron chi connectivity index (χ1n) is 4.10. The lowest BCUT2D eigenvalue weighted by Crippen LogP contribution is -2.00. The molecule has 1 radical (unpaired) electrons. The standard InChI is InChI=1S/C10H13N2/c1-3-4-9(11)10-6-5-8(2)7-12-10/h5-7,11H,2-4H2,1H3. The van der Waals surface area contributed by atoms with E-state index in [1.165, 1.54) is 0 Å². The van der Waals surface area contributed by atoms with Gasteiger partial charge in [-0.05, 0) is 25.0 Å². The largest absolute Gasteiger partial charge is 0.303 e. The Kier molecular flexibility index (Phi) is 2.97. The van der Waals surface area contributed by atoms with Gasteiger partial charge in [0.05, 0.1) is 11.4 Å². The Morgan fingerprint density at radius 2 is 2.33 bits per heavy atom. The summed E-state index contributed by atoms with van der Waals surface area (Å²) in [6.07, 6.45) is 3.48. The summed E-state index contributed by atoms with van der Waals surface area (Å²) in [5.74, 6) is 0. The van der Waals surface area contributed by atoms with Gasteiger partial charge in [0.1, 0.15) is 0 Å². The van der Waals surface area contributed by atoms with Crippen LogP contribution < -0.4 is 0 Å². The summed E-state index contributed by atoms with van der Waals surface area (Å²) in [5.41, 5.74) is 2.27. The van der Waals surface area contributed by atoms with Gasteiger partial charge in [-0.3, -0.25) is 4.98 Å². The molecular formula is C10H13N2. The molecule has 1 rings (SSSR count). The minimum Gasteiger partial charge on any atom is -0.303 e. The van der Waals surface area contributed by atoms with E-state index in [2.05, 4.69) is 18.8 Å². The molecule has 0 aliphatic heterocycles. The molecule has 2 heteroatoms. The molecule has 1 N–H and O–H groups in total. The van der Waals surface area contributed by atoms with Crippen LogP contribution in [0.1, 0.15) is 31.0 Å². The summed E-state index contributed by atoms with van der Waals surface area (Å²) in [5, 5.41) is 7.62. The highest BCUT2D eigenvalue weighted by atomic mass is 14.7. The van der Waals surface area contributed by atoms with Gasteiger partial charge in [0.15, 0.2) is 0 Å². The van der Waals surface area contributed by atoms with Crippen molar-refractivity contribution in [1.82, 2.24) is 4.98 Å². The normalized spacial score (nSPS) is 9.83. The van der Waals surface area contributed by atoms with E-state index in [9.17, 15) is 0 Å². The van der Waals surface area contributed by atoms with E-state index in [1.807, 2.05) is 12.1 Å². The van der Waals surface area contributed by atoms with Crippen molar-refractivity contribution in [3.8, 4) is 0 Å². The lowest BCUT2D eigenvalue weighted by molar-refractivity contribution is 0.979. The van der Waals surface area contributed by atoms with Crippen molar-refractivity contribution in [1.29, 1.82) is 5.41 Å². The maximum absolute atomic E-state index is 7.62. The Labute approximate surface area is 73.2 Å². The van der Waals surface area contributed by atoms with Gasteiger partial charge in [-0.2, -0.15) is 0 Å². The molecule has 0 fully saturated rings. The van der Waals surface area contributed by atoms with E-state index in [4.69, 9.17) is 5.41 Å². The number of pyridine rings is 1. The number of nitrogens with zero attached hydrogens (tertiary/aromatic N) is 1. The first-order valence-corrected chi connectivity index (χ1v) is 4.10. The maximum atomic E-state index is 7.62. The van der Waals surface area contributed by atoms with Gasteiger partial charge in [-0.1, -0.05) is 19.4 Å². The molecule has 1 aromatic rings. The molecule has 0 amide bonds. The number of hydrogen-bond donors (Lipinski definition) is 1. The van der Waals surface area contributed by atoms with Gasteiger partial charge < -0.3 is 5.41 Å². The van der Waals surface area contributed by atoms with Gasteiger partial charge in [-0.25, -0.2) is 0 Å². The molecule has 0 aliphatic rings. The van der Waals surface area contributed by atoms with Crippen molar-refractivity contribution >= 4 is 5.71 Å². The molecule has 0 atom stereocenters. The van der Waals surface area contributed by atoms with Crippen molar-refractivity contribution in [2.75, 3.05) is 0 Å². The number of nitrogens with one attached hydrogen (secondary N) is 1. The average molecular weight is 161 g/mol. The molecule has 0 unspecified atom stereocenters. The van der Waals surface area contributed by atoms with Crippen molar-refractivity contribution < 1.29 is 0 Å². The quantitative estimate of drug-likeness (QED) is 0.679. The Balaban J connectivity index is 2.75. The van der Waals surface area contributed by atoms with Crippen molar-refractivity contribution in [2.45, 2.75) is 19.8 Å². The molecule has 0 aliphatic carbocycles. The molecule has 0 aromatic carbocycles. The van der Waals surface area contributed by atoms with Gasteiger partial charge in [0.2, 0.25) is 0 Å². The first kappa shape index (κ1) is 8.91. The van der Waals surface area contributed by atoms with Crippen LogP contribution in [0.2, 0.25) is 0 Å². The number of hydrogen-bond acceptors (Lipinski definition) is 2. The third-order valence-electron chi connectivity index (χ3n) is 1.63. The molecule has 1 heterocycles. The molecular weight excluding hydrogens is 148 g/mol. The second-order valence-corrected chi connectivity index (χ2v) is 2.78. The fourth-order valence-corrected chi connectivity index (χ4v) is 0.981. The zero-order valence-electron chi connectivity index (χ0n) is 7.30. The highest BCUT2D eigenvalue weighted by Gasteiger charge is 1.99. The smallest absolute Gasteiger partial charge is 0.0837 e. The van der Waals surface area contributed by atoms with E-state index >= 15 is 0 Å². The molecule has 0 bridgehead atoms. The van der Waals surface area contributed by atoms with E-state index in [-0.39, 0.29) is 0 Å². The zero-order valence-corrected chi connectivity index (χ0v) is 7.30. The van der Waals surface area contributed by atoms with E-state index in [0.717, 1.165) is 24.1 Å². The third-order valence-corrected chi connectivity index (χ3v) is 1.63. The van der Waals surface area contributed by atoms with Gasteiger partial charge >= 0.3 is 0 Å². The van der Waals surface area contributed by atoms with Crippen molar-refractivity contribution in [2.24, 2.45) is 0 Å². The molecule has 0 spiro atoms. The predicted molar refractivity (Wildman–Crippen MR) is 50.4 cm³/mol. The topological polar surface area (TPSA) is 36.7 Å². The van der Waals surface area contributed by atoms with Crippen LogP contribution in [0.4, 0.5) is 0 Å². The van der Waals surface area contributed by atoms with Crippen LogP contribution in [-0.2, 0) is 0 Å². The highest BCUT2D eigenvalue weighted by molar-refractivity contribution is 5.96. The van der Waals surface area contributed by atoms with Gasteiger partial charge in [0.25, 0.3) is 0 Å². The second-order valence-electron chi connectivity index (χ2n) is 2.78. The van der Waals surface area contributed by atoms with Crippen LogP contribution in [0.15, 0.2) is 18.3 Å². The van der Waals surface area contributed by atoms with Crippen LogP contribution in [0.25, 0.3) is 0 Å². The van der Waals surface area contributed by atoms with Crippen LogP contribution >= 0.6 is 0 Å². The predicted octanol–water partition coefficient (Wildman–Crippen LogP) is 2.43. The lowest BCUT2D eigenvalue weighted by atomic mass is 10.1. The Morgan fingerprint density at radius 1 is 1.58 bits per heavy atom. The summed E-state index contributed by atoms with van der Waals surface area (Å²) in [6.45, 7) is 5.79. The van der Waals surface area contributed by atoms with Crippen LogP contribution in [0.3, 0.4) is 0 Å². The summed E-state index contributed by atoms with van der Waals surface area (Å²) in [7, 11) is 0. The minimum absolute atomic E-state index is 0.609. The lowest BCUT2D eigenvalue weighted by Gasteiger charge is -2.00. The fraction of sp³-hybridized carbons (Fsp3) is 0.300. The monoisotopic (exact) mass is 161 g/mol. The molecule has 63 valence electrons. The van der Waals surface area contributed by atoms with Gasteiger partial charge in [0, 0.05) is 6.20 Å². The maximum Gasteiger partial charge on any atom is 0.0837 e. The van der Waals surface area contributed by atoms with Crippen LogP contribution in [0.5, 0.6) is 0 Å². The molecule has 2 nitrogen and oxygen atoms in total. The highest BCUT2D eigenvalue weighted by Crippen LogP contribution is 2.03. The van der Waals surface area contributed by atoms with E-state index < -0.39 is 0 Å². The summed E-state index contributed by atoms with van der Waals surface area (Å²) in [4.78, 5) is 4.11. The second kappa shape index (κ2) is 4.00. The Bertz CT molecular complexity index is 262. The van der Waals surface area contributed by atoms with E-state index in [1.54, 1.807) is 6.20 Å².